The van der Waals surface area contributed by atoms with Crippen molar-refractivity contribution in [2.75, 3.05) is 6.54 Å². The quantitative estimate of drug-likeness (QED) is 0.792. The van der Waals surface area contributed by atoms with E-state index in [0.29, 0.717) is 28.6 Å². The molecule has 2 heterocycles. The SMILES string of the molecule is O=C(NCCc1cn2ccccc2n1)c1cc(Cl)cc(Cl)c1. The van der Waals surface area contributed by atoms with Crippen LogP contribution in [-0.4, -0.2) is 21.8 Å². The van der Waals surface area contributed by atoms with Crippen molar-refractivity contribution in [1.29, 1.82) is 0 Å². The van der Waals surface area contributed by atoms with E-state index in [1.165, 1.54) is 0 Å². The lowest BCUT2D eigenvalue weighted by Gasteiger charge is -2.05. The molecule has 0 bridgehead atoms. The van der Waals surface area contributed by atoms with E-state index < -0.39 is 0 Å². The van der Waals surface area contributed by atoms with Crippen LogP contribution in [0.1, 0.15) is 16.1 Å². The van der Waals surface area contributed by atoms with Crippen LogP contribution in [0.15, 0.2) is 48.8 Å². The molecule has 2 aromatic heterocycles. The van der Waals surface area contributed by atoms with Crippen molar-refractivity contribution in [1.82, 2.24) is 14.7 Å². The second-order valence-corrected chi connectivity index (χ2v) is 5.74. The van der Waals surface area contributed by atoms with Gasteiger partial charge in [-0.2, -0.15) is 0 Å². The first-order chi connectivity index (χ1) is 10.6. The van der Waals surface area contributed by atoms with E-state index >= 15 is 0 Å². The molecule has 0 atom stereocenters. The number of rotatable bonds is 4. The molecule has 0 fully saturated rings. The largest absolute Gasteiger partial charge is 0.352 e. The first-order valence-electron chi connectivity index (χ1n) is 6.79. The average molecular weight is 334 g/mol. The number of carbonyl (C=O) groups excluding carboxylic acids is 1. The third-order valence-corrected chi connectivity index (χ3v) is 3.64. The first-order valence-corrected chi connectivity index (χ1v) is 7.54. The van der Waals surface area contributed by atoms with Crippen LogP contribution in [0.3, 0.4) is 0 Å². The molecule has 4 nitrogen and oxygen atoms in total. The minimum absolute atomic E-state index is 0.201. The molecule has 0 aliphatic heterocycles. The van der Waals surface area contributed by atoms with Gasteiger partial charge in [-0.1, -0.05) is 29.3 Å². The Morgan fingerprint density at radius 3 is 2.68 bits per heavy atom. The summed E-state index contributed by atoms with van der Waals surface area (Å²) in [4.78, 5) is 16.5. The molecule has 3 aromatic rings. The molecule has 1 aromatic carbocycles. The van der Waals surface area contributed by atoms with Crippen LogP contribution >= 0.6 is 23.2 Å². The Morgan fingerprint density at radius 1 is 1.18 bits per heavy atom. The van der Waals surface area contributed by atoms with Gasteiger partial charge in [-0.25, -0.2) is 4.98 Å². The van der Waals surface area contributed by atoms with Gasteiger partial charge >= 0.3 is 0 Å². The van der Waals surface area contributed by atoms with Crippen molar-refractivity contribution >= 4 is 34.8 Å². The molecule has 0 spiro atoms. The molecule has 0 aliphatic carbocycles. The number of nitrogens with one attached hydrogen (secondary N) is 1. The summed E-state index contributed by atoms with van der Waals surface area (Å²) >= 11 is 11.8. The van der Waals surface area contributed by atoms with Crippen LogP contribution in [0.2, 0.25) is 10.0 Å². The molecule has 0 radical (unpaired) electrons. The fraction of sp³-hybridized carbons (Fsp3) is 0.125. The Bertz CT molecular complexity index is 776. The monoisotopic (exact) mass is 333 g/mol. The number of fused-ring (bicyclic) bond motifs is 1. The molecular formula is C16H13Cl2N3O. The maximum atomic E-state index is 12.1. The van der Waals surface area contributed by atoms with Crippen LogP contribution < -0.4 is 5.32 Å². The molecule has 0 aliphatic rings. The number of hydrogen-bond acceptors (Lipinski definition) is 2. The average Bonchev–Trinajstić information content (AvgIpc) is 2.88. The van der Waals surface area contributed by atoms with E-state index in [-0.39, 0.29) is 5.91 Å². The van der Waals surface area contributed by atoms with Crippen molar-refractivity contribution in [2.24, 2.45) is 0 Å². The summed E-state index contributed by atoms with van der Waals surface area (Å²) in [7, 11) is 0. The van der Waals surface area contributed by atoms with Crippen molar-refractivity contribution in [3.63, 3.8) is 0 Å². The Kier molecular flexibility index (Phi) is 4.32. The summed E-state index contributed by atoms with van der Waals surface area (Å²) in [5.74, 6) is -0.201. The van der Waals surface area contributed by atoms with Gasteiger partial charge in [0.25, 0.3) is 5.91 Å². The van der Waals surface area contributed by atoms with Crippen molar-refractivity contribution < 1.29 is 4.79 Å². The number of benzene rings is 1. The lowest BCUT2D eigenvalue weighted by molar-refractivity contribution is 0.0954. The topological polar surface area (TPSA) is 46.4 Å². The molecule has 0 unspecified atom stereocenters. The Balaban J connectivity index is 1.61. The van der Waals surface area contributed by atoms with Gasteiger partial charge in [-0.05, 0) is 30.3 Å². The predicted octanol–water partition coefficient (Wildman–Crippen LogP) is 3.61. The van der Waals surface area contributed by atoms with Crippen molar-refractivity contribution in [3.05, 3.63) is 70.1 Å². The molecular weight excluding hydrogens is 321 g/mol. The Labute approximate surface area is 137 Å². The van der Waals surface area contributed by atoms with Gasteiger partial charge in [0.05, 0.1) is 5.69 Å². The second kappa shape index (κ2) is 6.38. The van der Waals surface area contributed by atoms with Crippen molar-refractivity contribution in [2.45, 2.75) is 6.42 Å². The van der Waals surface area contributed by atoms with Gasteiger partial charge in [0, 0.05) is 41.0 Å². The van der Waals surface area contributed by atoms with Gasteiger partial charge in [0.1, 0.15) is 5.65 Å². The van der Waals surface area contributed by atoms with Crippen LogP contribution in [-0.2, 0) is 6.42 Å². The number of amides is 1. The third-order valence-electron chi connectivity index (χ3n) is 3.21. The molecule has 0 saturated carbocycles. The van der Waals surface area contributed by atoms with Crippen LogP contribution in [0.4, 0.5) is 0 Å². The fourth-order valence-corrected chi connectivity index (χ4v) is 2.72. The smallest absolute Gasteiger partial charge is 0.251 e. The van der Waals surface area contributed by atoms with E-state index in [2.05, 4.69) is 10.3 Å². The Hall–Kier alpha value is -2.04. The van der Waals surface area contributed by atoms with E-state index in [0.717, 1.165) is 11.3 Å². The maximum absolute atomic E-state index is 12.1. The zero-order valence-corrected chi connectivity index (χ0v) is 13.1. The lowest BCUT2D eigenvalue weighted by atomic mass is 10.2. The molecule has 0 saturated heterocycles. The molecule has 1 N–H and O–H groups in total. The van der Waals surface area contributed by atoms with Gasteiger partial charge < -0.3 is 9.72 Å². The van der Waals surface area contributed by atoms with E-state index in [1.54, 1.807) is 18.2 Å². The van der Waals surface area contributed by atoms with Gasteiger partial charge in [0.15, 0.2) is 0 Å². The second-order valence-electron chi connectivity index (χ2n) is 4.86. The summed E-state index contributed by atoms with van der Waals surface area (Å²) in [6.07, 6.45) is 4.55. The summed E-state index contributed by atoms with van der Waals surface area (Å²) in [5, 5.41) is 3.73. The number of imidazole rings is 1. The van der Waals surface area contributed by atoms with Gasteiger partial charge in [-0.3, -0.25) is 4.79 Å². The standard InChI is InChI=1S/C16H13Cl2N3O/c17-12-7-11(8-13(18)9-12)16(22)19-5-4-14-10-21-6-2-1-3-15(21)20-14/h1-3,6-10H,4-5H2,(H,19,22). The van der Waals surface area contributed by atoms with Crippen LogP contribution in [0.25, 0.3) is 5.65 Å². The fourth-order valence-electron chi connectivity index (χ4n) is 2.20. The minimum atomic E-state index is -0.201. The van der Waals surface area contributed by atoms with E-state index in [9.17, 15) is 4.79 Å². The summed E-state index contributed by atoms with van der Waals surface area (Å²) in [6.45, 7) is 0.493. The Morgan fingerprint density at radius 2 is 1.95 bits per heavy atom. The number of pyridine rings is 1. The van der Waals surface area contributed by atoms with Crippen LogP contribution in [0, 0.1) is 0 Å². The zero-order chi connectivity index (χ0) is 15.5. The summed E-state index contributed by atoms with van der Waals surface area (Å²) in [5.41, 5.74) is 2.27. The number of aromatic nitrogens is 2. The van der Waals surface area contributed by atoms with Crippen LogP contribution in [0.5, 0.6) is 0 Å². The number of hydrogen-bond donors (Lipinski definition) is 1. The van der Waals surface area contributed by atoms with Gasteiger partial charge in [0.2, 0.25) is 0 Å². The van der Waals surface area contributed by atoms with Gasteiger partial charge in [-0.15, -0.1) is 0 Å². The molecule has 112 valence electrons. The highest BCUT2D eigenvalue weighted by Crippen LogP contribution is 2.18. The third kappa shape index (κ3) is 3.40. The molecule has 3 rings (SSSR count). The number of halogens is 2. The zero-order valence-electron chi connectivity index (χ0n) is 11.6. The minimum Gasteiger partial charge on any atom is -0.352 e. The lowest BCUT2D eigenvalue weighted by Crippen LogP contribution is -2.25. The highest BCUT2D eigenvalue weighted by Gasteiger charge is 2.08. The van der Waals surface area contributed by atoms with Crippen molar-refractivity contribution in [3.8, 4) is 0 Å². The summed E-state index contributed by atoms with van der Waals surface area (Å²) in [6, 6.07) is 10.6. The molecule has 1 amide bonds. The van der Waals surface area contributed by atoms with E-state index in [1.807, 2.05) is 35.0 Å². The van der Waals surface area contributed by atoms with E-state index in [4.69, 9.17) is 23.2 Å². The number of carbonyl (C=O) groups is 1. The number of nitrogens with zero attached hydrogens (tertiary/aromatic N) is 2. The molecule has 6 heteroatoms. The maximum Gasteiger partial charge on any atom is 0.251 e. The highest BCUT2D eigenvalue weighted by molar-refractivity contribution is 6.35. The normalized spacial score (nSPS) is 10.8. The predicted molar refractivity (Wildman–Crippen MR) is 87.7 cm³/mol. The first kappa shape index (κ1) is 14.9. The summed E-state index contributed by atoms with van der Waals surface area (Å²) < 4.78 is 1.95. The molecule has 22 heavy (non-hydrogen) atoms. The highest BCUT2D eigenvalue weighted by atomic mass is 35.5.